The highest BCUT2D eigenvalue weighted by Crippen LogP contribution is 2.35. The van der Waals surface area contributed by atoms with Gasteiger partial charge in [0.25, 0.3) is 5.56 Å². The highest BCUT2D eigenvalue weighted by atomic mass is 19.1. The van der Waals surface area contributed by atoms with Gasteiger partial charge in [-0.1, -0.05) is 12.1 Å². The summed E-state index contributed by atoms with van der Waals surface area (Å²) in [6.07, 6.45) is 3.88. The van der Waals surface area contributed by atoms with Gasteiger partial charge in [0, 0.05) is 60.9 Å². The van der Waals surface area contributed by atoms with E-state index in [1.54, 1.807) is 10.6 Å². The molecule has 1 fully saturated rings. The Morgan fingerprint density at radius 2 is 2.05 bits per heavy atom. The summed E-state index contributed by atoms with van der Waals surface area (Å²) in [5.41, 5.74) is 2.52. The Labute approximate surface area is 228 Å². The number of aliphatic hydroxyl groups excluding tert-OH is 1. The molecule has 0 amide bonds. The van der Waals surface area contributed by atoms with Crippen LogP contribution < -0.4 is 5.56 Å². The van der Waals surface area contributed by atoms with E-state index >= 15 is 0 Å². The van der Waals surface area contributed by atoms with Gasteiger partial charge in [0.1, 0.15) is 17.7 Å². The molecular weight excluding hydrogens is 503 g/mol. The third kappa shape index (κ3) is 5.91. The fourth-order valence-corrected chi connectivity index (χ4v) is 5.92. The Balaban J connectivity index is 0.00000353. The van der Waals surface area contributed by atoms with E-state index in [1.807, 2.05) is 13.8 Å². The van der Waals surface area contributed by atoms with Crippen LogP contribution in [0.5, 0.6) is 0 Å². The molecule has 212 valence electrons. The number of hydrogen-bond donors (Lipinski definition) is 1. The Morgan fingerprint density at radius 1 is 1.28 bits per heavy atom. The zero-order valence-electron chi connectivity index (χ0n) is 23.1. The van der Waals surface area contributed by atoms with Crippen molar-refractivity contribution in [2.45, 2.75) is 77.4 Å². The second-order valence-corrected chi connectivity index (χ2v) is 10.8. The largest absolute Gasteiger partial charge is 0.415 e. The Morgan fingerprint density at radius 3 is 2.79 bits per heavy atom. The molecule has 4 heterocycles. The Bertz CT molecular complexity index is 1380. The summed E-state index contributed by atoms with van der Waals surface area (Å²) in [5.74, 6) is 0.0436. The van der Waals surface area contributed by atoms with Crippen molar-refractivity contribution in [2.75, 3.05) is 26.4 Å². The number of nitrogens with zero attached hydrogens (tertiary/aromatic N) is 4. The predicted octanol–water partition coefficient (Wildman–Crippen LogP) is 4.35. The number of quaternary nitrogens is 1. The zero-order valence-corrected chi connectivity index (χ0v) is 23.1. The van der Waals surface area contributed by atoms with Crippen LogP contribution in [-0.2, 0) is 22.5 Å². The van der Waals surface area contributed by atoms with Crippen LogP contribution in [0.3, 0.4) is 0 Å². The van der Waals surface area contributed by atoms with Crippen molar-refractivity contribution in [1.82, 2.24) is 14.7 Å². The van der Waals surface area contributed by atoms with Gasteiger partial charge >= 0.3 is 5.97 Å². The summed E-state index contributed by atoms with van der Waals surface area (Å²) < 4.78 is 26.9. The molecule has 1 N–H and O–H groups in total. The van der Waals surface area contributed by atoms with Crippen LogP contribution in [0.2, 0.25) is 0 Å². The third-order valence-corrected chi connectivity index (χ3v) is 8.20. The van der Waals surface area contributed by atoms with Gasteiger partial charge in [0.15, 0.2) is 5.58 Å². The number of rotatable bonds is 8. The molecule has 0 aliphatic carbocycles. The number of piperidine rings is 1. The highest BCUT2D eigenvalue weighted by molar-refractivity contribution is 5.79. The topological polar surface area (TPSA) is 107 Å². The van der Waals surface area contributed by atoms with Crippen LogP contribution >= 0.6 is 0 Å². The number of carbonyl (C=O) groups is 1. The minimum Gasteiger partial charge on any atom is -0.415 e. The van der Waals surface area contributed by atoms with Crippen LogP contribution in [0.25, 0.3) is 11.0 Å². The molecule has 39 heavy (non-hydrogen) atoms. The summed E-state index contributed by atoms with van der Waals surface area (Å²) in [5, 5.41) is 15.4. The molecule has 0 spiro atoms. The number of hydrogen-bond acceptors (Lipinski definition) is 7. The predicted molar refractivity (Wildman–Crippen MR) is 144 cm³/mol. The summed E-state index contributed by atoms with van der Waals surface area (Å²) in [6.45, 7) is 6.73. The molecule has 2 aromatic heterocycles. The van der Waals surface area contributed by atoms with Crippen LogP contribution in [-0.4, -0.2) is 56.6 Å². The molecule has 1 unspecified atom stereocenters. The minimum absolute atomic E-state index is 0. The molecular formula is C29H39FN4O5. The smallest absolute Gasteiger partial charge is 0.310 e. The Hall–Kier alpha value is -3.11. The Kier molecular flexibility index (Phi) is 8.86. The first-order valence-corrected chi connectivity index (χ1v) is 13.6. The molecule has 1 atom stereocenters. The molecule has 10 heteroatoms. The summed E-state index contributed by atoms with van der Waals surface area (Å²) in [6, 6.07) is 4.50. The van der Waals surface area contributed by atoms with Crippen LogP contribution in [0, 0.1) is 20.2 Å². The van der Waals surface area contributed by atoms with E-state index in [2.05, 4.69) is 10.1 Å². The first-order chi connectivity index (χ1) is 18.3. The van der Waals surface area contributed by atoms with E-state index in [0.717, 1.165) is 49.9 Å². The summed E-state index contributed by atoms with van der Waals surface area (Å²) in [7, 11) is 0. The quantitative estimate of drug-likeness (QED) is 0.256. The van der Waals surface area contributed by atoms with Gasteiger partial charge < -0.3 is 21.8 Å². The lowest BCUT2D eigenvalue weighted by molar-refractivity contribution is -0.948. The molecule has 0 radical (unpaired) electrons. The van der Waals surface area contributed by atoms with E-state index in [1.165, 1.54) is 12.1 Å². The van der Waals surface area contributed by atoms with E-state index < -0.39 is 6.10 Å². The SMILES string of the molecule is CCCC(=O)OC[N+]1(CCc2c(C)nc3n(c2=O)CCCC3O)CCC(c2noc3cc(F)ccc23)CC1.[CH3-]. The third-order valence-electron chi connectivity index (χ3n) is 8.20. The van der Waals surface area contributed by atoms with Crippen molar-refractivity contribution < 1.29 is 28.0 Å². The van der Waals surface area contributed by atoms with Gasteiger partial charge in [-0.3, -0.25) is 18.6 Å². The van der Waals surface area contributed by atoms with E-state index in [4.69, 9.17) is 9.26 Å². The van der Waals surface area contributed by atoms with Crippen molar-refractivity contribution in [3.63, 3.8) is 0 Å². The average Bonchev–Trinajstić information content (AvgIpc) is 3.32. The van der Waals surface area contributed by atoms with Crippen molar-refractivity contribution >= 4 is 16.9 Å². The molecule has 2 aliphatic heterocycles. The van der Waals surface area contributed by atoms with E-state index in [0.29, 0.717) is 59.5 Å². The van der Waals surface area contributed by atoms with Crippen LogP contribution in [0.1, 0.15) is 80.2 Å². The van der Waals surface area contributed by atoms with Gasteiger partial charge in [-0.25, -0.2) is 9.37 Å². The van der Waals surface area contributed by atoms with Crippen molar-refractivity contribution in [1.29, 1.82) is 0 Å². The van der Waals surface area contributed by atoms with Crippen molar-refractivity contribution in [2.24, 2.45) is 0 Å². The molecule has 0 saturated carbocycles. The molecule has 2 aliphatic rings. The van der Waals surface area contributed by atoms with E-state index in [9.17, 15) is 19.1 Å². The maximum Gasteiger partial charge on any atom is 0.310 e. The standard InChI is InChI=1S/C28H36FN4O5.CH3/c1-3-5-25(35)37-17-33(15-11-21-18(2)30-27-23(34)6-4-12-32(27)28(21)36)13-9-19(10-14-33)26-22-8-7-20(29)16-24(22)38-31-26;/h7-8,16,19,23,34H,3-6,9-15,17H2,1-2H3;1H3/q+1;-1. The van der Waals surface area contributed by atoms with Gasteiger partial charge in [0.05, 0.1) is 25.3 Å². The fourth-order valence-electron chi connectivity index (χ4n) is 5.92. The minimum atomic E-state index is -0.705. The number of halogens is 1. The monoisotopic (exact) mass is 542 g/mol. The molecule has 0 bridgehead atoms. The lowest BCUT2D eigenvalue weighted by Crippen LogP contribution is -2.55. The van der Waals surface area contributed by atoms with Crippen molar-refractivity contribution in [3.05, 3.63) is 64.6 Å². The van der Waals surface area contributed by atoms with Gasteiger partial charge in [-0.15, -0.1) is 0 Å². The first kappa shape index (κ1) is 28.9. The molecule has 1 saturated heterocycles. The molecule has 9 nitrogen and oxygen atoms in total. The second kappa shape index (κ2) is 12.0. The number of carbonyl (C=O) groups excluding carboxylic acids is 1. The number of aliphatic hydroxyl groups is 1. The van der Waals surface area contributed by atoms with Gasteiger partial charge in [-0.2, -0.15) is 0 Å². The fraction of sp³-hybridized carbons (Fsp3) is 0.552. The second-order valence-electron chi connectivity index (χ2n) is 10.8. The lowest BCUT2D eigenvalue weighted by Gasteiger charge is -2.42. The first-order valence-electron chi connectivity index (χ1n) is 13.6. The molecule has 3 aromatic rings. The average molecular weight is 543 g/mol. The number of benzene rings is 1. The number of fused-ring (bicyclic) bond motifs is 2. The van der Waals surface area contributed by atoms with Crippen LogP contribution in [0.15, 0.2) is 27.5 Å². The maximum absolute atomic E-state index is 13.6. The maximum atomic E-state index is 13.6. The van der Waals surface area contributed by atoms with Gasteiger partial charge in [-0.05, 0) is 38.3 Å². The lowest BCUT2D eigenvalue weighted by atomic mass is 9.90. The summed E-state index contributed by atoms with van der Waals surface area (Å²) in [4.78, 5) is 30.2. The number of ether oxygens (including phenoxy) is 1. The van der Waals surface area contributed by atoms with E-state index in [-0.39, 0.29) is 37.4 Å². The number of aryl methyl sites for hydroxylation is 1. The molecule has 1 aromatic carbocycles. The van der Waals surface area contributed by atoms with Crippen LogP contribution in [0.4, 0.5) is 4.39 Å². The number of likely N-dealkylation sites (tertiary alicyclic amines) is 1. The summed E-state index contributed by atoms with van der Waals surface area (Å²) >= 11 is 0. The molecule has 5 rings (SSSR count). The normalized spacial score (nSPS) is 22.8. The van der Waals surface area contributed by atoms with Crippen molar-refractivity contribution in [3.8, 4) is 0 Å². The highest BCUT2D eigenvalue weighted by Gasteiger charge is 2.37. The zero-order chi connectivity index (χ0) is 26.9. The number of esters is 1. The van der Waals surface area contributed by atoms with Gasteiger partial charge in [0.2, 0.25) is 6.73 Å². The number of aromatic nitrogens is 3.